The monoisotopic (exact) mass is 720 g/mol. The van der Waals surface area contributed by atoms with Crippen LogP contribution in [0.5, 0.6) is 0 Å². The molecule has 2 heterocycles. The van der Waals surface area contributed by atoms with Crippen molar-refractivity contribution in [3.8, 4) is 0 Å². The fraction of sp³-hybridized carbons (Fsp3) is 0.387. The summed E-state index contributed by atoms with van der Waals surface area (Å²) < 4.78 is 13.8. The van der Waals surface area contributed by atoms with E-state index >= 15 is 0 Å². The maximum Gasteiger partial charge on any atom is 0.419 e. The predicted molar refractivity (Wildman–Crippen MR) is 177 cm³/mol. The fourth-order valence-corrected chi connectivity index (χ4v) is 4.91. The first-order valence-corrected chi connectivity index (χ1v) is 15.1. The summed E-state index contributed by atoms with van der Waals surface area (Å²) in [6, 6.07) is 11.2. The summed E-state index contributed by atoms with van der Waals surface area (Å²) in [4.78, 5) is 40.5. The van der Waals surface area contributed by atoms with E-state index in [2.05, 4.69) is 42.2 Å². The fourth-order valence-electron chi connectivity index (χ4n) is 4.19. The first kappa shape index (κ1) is 34.0. The third-order valence-corrected chi connectivity index (χ3v) is 6.70. The number of amides is 2. The molecule has 3 N–H and O–H groups in total. The topological polar surface area (TPSA) is 126 Å². The molecule has 12 heteroatoms. The van der Waals surface area contributed by atoms with E-state index in [-0.39, 0.29) is 0 Å². The molecule has 2 aromatic heterocycles. The van der Waals surface area contributed by atoms with Crippen molar-refractivity contribution >= 4 is 83.3 Å². The molecule has 0 fully saturated rings. The Morgan fingerprint density at radius 2 is 1.42 bits per heavy atom. The lowest BCUT2D eigenvalue weighted by Gasteiger charge is -2.32. The normalized spacial score (nSPS) is 12.0. The summed E-state index contributed by atoms with van der Waals surface area (Å²) in [5.41, 5.74) is 0.953. The summed E-state index contributed by atoms with van der Waals surface area (Å²) in [5, 5.41) is 13.7. The van der Waals surface area contributed by atoms with E-state index in [4.69, 9.17) is 9.47 Å². The highest BCUT2D eigenvalue weighted by Crippen LogP contribution is 2.33. The lowest BCUT2D eigenvalue weighted by molar-refractivity contribution is 0.0542. The van der Waals surface area contributed by atoms with Crippen LogP contribution in [0.2, 0.25) is 0 Å². The van der Waals surface area contributed by atoms with Crippen molar-refractivity contribution in [1.82, 2.24) is 9.55 Å². The van der Waals surface area contributed by atoms with Gasteiger partial charge in [-0.1, -0.05) is 31.9 Å². The molecular weight excluding hydrogens is 684 g/mol. The highest BCUT2D eigenvalue weighted by Gasteiger charge is 2.30. The molecule has 0 bridgehead atoms. The number of hydrogen-bond donors (Lipinski definition) is 3. The van der Waals surface area contributed by atoms with E-state index in [0.717, 1.165) is 19.8 Å². The third-order valence-electron chi connectivity index (χ3n) is 5.72. The molecule has 0 spiro atoms. The van der Waals surface area contributed by atoms with Crippen LogP contribution in [0.3, 0.4) is 0 Å². The number of H-pyrrole nitrogens is 1. The Morgan fingerprint density at radius 1 is 0.860 bits per heavy atom. The van der Waals surface area contributed by atoms with Crippen molar-refractivity contribution in [3.05, 3.63) is 57.7 Å². The number of rotatable bonds is 2. The van der Waals surface area contributed by atoms with Crippen LogP contribution in [0.15, 0.2) is 57.7 Å². The maximum absolute atomic E-state index is 12.5. The number of ether oxygens (including phenoxy) is 2. The van der Waals surface area contributed by atoms with Crippen LogP contribution in [0.4, 0.5) is 25.8 Å². The number of fused-ring (bicyclic) bond motifs is 2. The summed E-state index contributed by atoms with van der Waals surface area (Å²) in [6.07, 6.45) is 1.21. The van der Waals surface area contributed by atoms with Gasteiger partial charge in [-0.2, -0.15) is 0 Å². The molecule has 232 valence electrons. The van der Waals surface area contributed by atoms with Gasteiger partial charge in [0.15, 0.2) is 0 Å². The summed E-state index contributed by atoms with van der Waals surface area (Å²) in [7, 11) is 0. The van der Waals surface area contributed by atoms with Crippen molar-refractivity contribution in [1.29, 1.82) is 0 Å². The van der Waals surface area contributed by atoms with Crippen LogP contribution >= 0.6 is 31.9 Å². The van der Waals surface area contributed by atoms with E-state index in [9.17, 15) is 19.5 Å². The molecule has 10 nitrogen and oxygen atoms in total. The van der Waals surface area contributed by atoms with Gasteiger partial charge in [0, 0.05) is 43.2 Å². The summed E-state index contributed by atoms with van der Waals surface area (Å²) >= 11 is 6.82. The Balaban J connectivity index is 0.000000248. The molecule has 0 aliphatic rings. The zero-order chi connectivity index (χ0) is 32.5. The van der Waals surface area contributed by atoms with Gasteiger partial charge in [-0.05, 0) is 98.7 Å². The Bertz CT molecular complexity index is 1650. The number of nitrogens with zero attached hydrogens (tertiary/aromatic N) is 2. The van der Waals surface area contributed by atoms with Crippen molar-refractivity contribution in [2.24, 2.45) is 0 Å². The molecule has 0 aliphatic heterocycles. The Labute approximate surface area is 268 Å². The molecule has 0 unspecified atom stereocenters. The largest absolute Gasteiger partial charge is 0.465 e. The van der Waals surface area contributed by atoms with Gasteiger partial charge in [-0.15, -0.1) is 0 Å². The molecular formula is C31H38Br2N4O6. The molecule has 2 aromatic carbocycles. The van der Waals surface area contributed by atoms with Crippen LogP contribution in [0.25, 0.3) is 21.8 Å². The van der Waals surface area contributed by atoms with Crippen LogP contribution in [-0.4, -0.2) is 49.7 Å². The van der Waals surface area contributed by atoms with Crippen molar-refractivity contribution < 1.29 is 29.0 Å². The Hall–Kier alpha value is -3.51. The molecule has 0 saturated carbocycles. The molecule has 0 saturated heterocycles. The third kappa shape index (κ3) is 8.99. The Morgan fingerprint density at radius 3 is 1.95 bits per heavy atom. The zero-order valence-electron chi connectivity index (χ0n) is 25.8. The average Bonchev–Trinajstić information content (AvgIpc) is 3.37. The number of aromatic nitrogens is 2. The van der Waals surface area contributed by atoms with Gasteiger partial charge >= 0.3 is 18.3 Å². The Kier molecular flexibility index (Phi) is 9.97. The van der Waals surface area contributed by atoms with Gasteiger partial charge < -0.3 is 19.6 Å². The zero-order valence-corrected chi connectivity index (χ0v) is 28.9. The van der Waals surface area contributed by atoms with E-state index in [1.807, 2.05) is 51.1 Å². The first-order valence-electron chi connectivity index (χ1n) is 13.5. The number of carboxylic acid groups (broad SMARTS) is 1. The molecule has 4 rings (SSSR count). The number of carbonyl (C=O) groups excluding carboxylic acids is 2. The molecule has 4 aromatic rings. The first-order chi connectivity index (χ1) is 19.7. The quantitative estimate of drug-likeness (QED) is 0.189. The van der Waals surface area contributed by atoms with Crippen molar-refractivity contribution in [2.45, 2.75) is 79.1 Å². The van der Waals surface area contributed by atoms with Crippen LogP contribution < -0.4 is 10.2 Å². The highest BCUT2D eigenvalue weighted by molar-refractivity contribution is 9.10. The van der Waals surface area contributed by atoms with E-state index in [0.29, 0.717) is 22.3 Å². The van der Waals surface area contributed by atoms with Crippen molar-refractivity contribution in [2.75, 3.05) is 10.2 Å². The molecule has 43 heavy (non-hydrogen) atoms. The minimum absolute atomic E-state index is 0.469. The lowest BCUT2D eigenvalue weighted by Crippen LogP contribution is -2.45. The van der Waals surface area contributed by atoms with Crippen LogP contribution in [0.1, 0.15) is 62.3 Å². The van der Waals surface area contributed by atoms with E-state index in [1.54, 1.807) is 53.8 Å². The second-order valence-electron chi connectivity index (χ2n) is 12.8. The summed E-state index contributed by atoms with van der Waals surface area (Å²) in [5.74, 6) is 0. The smallest absolute Gasteiger partial charge is 0.419 e. The number of carbonyl (C=O) groups is 3. The van der Waals surface area contributed by atoms with E-state index in [1.165, 1.54) is 15.7 Å². The van der Waals surface area contributed by atoms with Gasteiger partial charge in [0.2, 0.25) is 0 Å². The van der Waals surface area contributed by atoms with Gasteiger partial charge in [0.1, 0.15) is 11.2 Å². The highest BCUT2D eigenvalue weighted by atomic mass is 79.9. The minimum Gasteiger partial charge on any atom is -0.465 e. The van der Waals surface area contributed by atoms with Gasteiger partial charge in [0.05, 0.1) is 16.9 Å². The molecule has 0 atom stereocenters. The predicted octanol–water partition coefficient (Wildman–Crippen LogP) is 9.75. The molecule has 0 aliphatic carbocycles. The summed E-state index contributed by atoms with van der Waals surface area (Å²) in [6.45, 7) is 16.4. The number of nitrogens with one attached hydrogen (secondary N) is 2. The second-order valence-corrected chi connectivity index (χ2v) is 14.7. The van der Waals surface area contributed by atoms with Gasteiger partial charge in [0.25, 0.3) is 0 Å². The van der Waals surface area contributed by atoms with Gasteiger partial charge in [-0.25, -0.2) is 14.4 Å². The number of aromatic amines is 1. The average molecular weight is 722 g/mol. The standard InChI is InChI=1S/C18H23BrN2O4.C13H15BrN2O2/c1-17(2,3)24-15(22)20-13-10-21(16(23)25-18(4,5)6)14-8-7-11(19)9-12(13)14;1-13(2,3)16(12(17)18)11-7-15-10-5-4-8(14)6-9(10)11/h7-10H,1-6H3,(H,20,22);4-7,15H,1-3H3,(H,17,18). The van der Waals surface area contributed by atoms with Crippen LogP contribution in [-0.2, 0) is 9.47 Å². The van der Waals surface area contributed by atoms with E-state index < -0.39 is 35.0 Å². The molecule has 0 radical (unpaired) electrons. The van der Waals surface area contributed by atoms with Gasteiger partial charge in [-0.3, -0.25) is 14.8 Å². The number of hydrogen-bond acceptors (Lipinski definition) is 5. The molecule has 2 amide bonds. The van der Waals surface area contributed by atoms with Crippen LogP contribution in [0, 0.1) is 0 Å². The SMILES string of the molecule is CC(C)(C)N(C(=O)O)c1c[nH]c2ccc(Br)cc12.CC(C)(C)OC(=O)Nc1cn(C(=O)OC(C)(C)C)c2ccc(Br)cc12. The minimum atomic E-state index is -0.955. The lowest BCUT2D eigenvalue weighted by atomic mass is 10.1. The number of halogens is 2. The number of benzene rings is 2. The maximum atomic E-state index is 12.5. The second kappa shape index (κ2) is 12.6. The van der Waals surface area contributed by atoms with Crippen molar-refractivity contribution in [3.63, 3.8) is 0 Å². The number of anilines is 2.